The van der Waals surface area contributed by atoms with Crippen LogP contribution in [0.2, 0.25) is 0 Å². The minimum atomic E-state index is -4.41. The summed E-state index contributed by atoms with van der Waals surface area (Å²) in [6.07, 6.45) is 0.181. The van der Waals surface area contributed by atoms with E-state index in [0.717, 1.165) is 48.2 Å². The number of aliphatic imine (C=N–C) groups is 1. The topological polar surface area (TPSA) is 56.9 Å². The zero-order valence-electron chi connectivity index (χ0n) is 20.3. The van der Waals surface area contributed by atoms with E-state index in [4.69, 9.17) is 10.7 Å². The molecule has 3 rings (SSSR count). The first-order valence-corrected chi connectivity index (χ1v) is 13.0. The Kier molecular flexibility index (Phi) is 8.62. The Balaban J connectivity index is 2.05. The number of hydrogen-bond acceptors (Lipinski definition) is 5. The van der Waals surface area contributed by atoms with Crippen molar-refractivity contribution in [2.24, 2.45) is 10.7 Å². The zero-order valence-corrected chi connectivity index (χ0v) is 21.1. The first kappa shape index (κ1) is 26.5. The van der Waals surface area contributed by atoms with E-state index in [2.05, 4.69) is 23.7 Å². The average molecular weight is 496 g/mol. The first-order chi connectivity index (χ1) is 16.1. The van der Waals surface area contributed by atoms with Crippen LogP contribution in [-0.2, 0) is 6.18 Å². The number of hydrogen-bond donors (Lipinski definition) is 2. The Morgan fingerprint density at radius 2 is 2.00 bits per heavy atom. The Labute approximate surface area is 205 Å². The summed E-state index contributed by atoms with van der Waals surface area (Å²) in [5, 5.41) is 3.64. The molecule has 0 unspecified atom stereocenters. The molecule has 0 aliphatic carbocycles. The second-order valence-electron chi connectivity index (χ2n) is 8.97. The van der Waals surface area contributed by atoms with Crippen molar-refractivity contribution < 1.29 is 13.2 Å². The molecule has 1 aromatic carbocycles. The highest BCUT2D eigenvalue weighted by atomic mass is 32.2. The van der Waals surface area contributed by atoms with Crippen molar-refractivity contribution in [1.82, 2.24) is 10.2 Å². The molecular formula is C25H36F3N5S. The third-order valence-electron chi connectivity index (χ3n) is 6.48. The predicted octanol–water partition coefficient (Wildman–Crippen LogP) is 4.87. The second kappa shape index (κ2) is 11.1. The summed E-state index contributed by atoms with van der Waals surface area (Å²) in [5.74, 6) is 3.59. The van der Waals surface area contributed by atoms with Gasteiger partial charge in [-0.1, -0.05) is 25.6 Å². The fraction of sp³-hybridized carbons (Fsp3) is 0.560. The molecule has 0 spiro atoms. The van der Waals surface area contributed by atoms with Gasteiger partial charge < -0.3 is 20.9 Å². The summed E-state index contributed by atoms with van der Waals surface area (Å²) in [6, 6.07) is 5.63. The maximum Gasteiger partial charge on any atom is 0.416 e. The second-order valence-corrected chi connectivity index (χ2v) is 10.2. The third-order valence-corrected chi connectivity index (χ3v) is 7.53. The molecule has 5 nitrogen and oxygen atoms in total. The quantitative estimate of drug-likeness (QED) is 0.306. The molecule has 0 atom stereocenters. The van der Waals surface area contributed by atoms with Crippen LogP contribution in [0.25, 0.3) is 0 Å². The molecule has 1 aromatic rings. The van der Waals surface area contributed by atoms with E-state index in [1.165, 1.54) is 12.1 Å². The van der Waals surface area contributed by atoms with Crippen LogP contribution < -0.4 is 16.0 Å². The van der Waals surface area contributed by atoms with Crippen LogP contribution in [0.15, 0.2) is 53.3 Å². The molecule has 2 fully saturated rings. The van der Waals surface area contributed by atoms with Gasteiger partial charge in [0.25, 0.3) is 0 Å². The standard InChI is InChI=1S/C25H36F3N5S/c1-5-21(22(30-7-3)33-16-24(29,6-2)17-33)23(31-19-11-13-34-14-12-19)32(4)20-10-8-9-18(15-20)25(26,27)28/h5,8-10,15,19,31H,1,6-7,11-14,16-17,29H2,2-4H3/b23-21+,30-22?. The summed E-state index contributed by atoms with van der Waals surface area (Å²) < 4.78 is 40.3. The van der Waals surface area contributed by atoms with Gasteiger partial charge in [-0.15, -0.1) is 0 Å². The number of nitrogens with two attached hydrogens (primary N) is 1. The number of halogens is 3. The maximum atomic E-state index is 13.4. The van der Waals surface area contributed by atoms with E-state index in [9.17, 15) is 13.2 Å². The SMILES string of the molecule is C=C/C(C(=NCC)N1CC(N)(CC)C1)=C(/NC1CCSCC1)N(C)c1cccc(C(F)(F)F)c1. The van der Waals surface area contributed by atoms with Crippen LogP contribution in [0.4, 0.5) is 18.9 Å². The van der Waals surface area contributed by atoms with Crippen molar-refractivity contribution >= 4 is 23.3 Å². The van der Waals surface area contributed by atoms with Gasteiger partial charge in [-0.05, 0) is 55.9 Å². The summed E-state index contributed by atoms with van der Waals surface area (Å²) >= 11 is 1.92. The number of anilines is 1. The van der Waals surface area contributed by atoms with Crippen LogP contribution in [0.1, 0.15) is 38.7 Å². The first-order valence-electron chi connectivity index (χ1n) is 11.8. The maximum absolute atomic E-state index is 13.4. The highest BCUT2D eigenvalue weighted by Crippen LogP contribution is 2.33. The van der Waals surface area contributed by atoms with E-state index in [0.29, 0.717) is 31.1 Å². The summed E-state index contributed by atoms with van der Waals surface area (Å²) in [4.78, 5) is 8.70. The molecule has 188 valence electrons. The fourth-order valence-corrected chi connectivity index (χ4v) is 5.40. The van der Waals surface area contributed by atoms with Crippen molar-refractivity contribution in [2.75, 3.05) is 43.1 Å². The highest BCUT2D eigenvalue weighted by Gasteiger charge is 2.40. The molecule has 2 saturated heterocycles. The van der Waals surface area contributed by atoms with Gasteiger partial charge in [0.2, 0.25) is 0 Å². The Hall–Kier alpha value is -2.13. The number of amidine groups is 1. The van der Waals surface area contributed by atoms with Crippen LogP contribution in [-0.4, -0.2) is 60.5 Å². The fourth-order valence-electron chi connectivity index (χ4n) is 4.30. The lowest BCUT2D eigenvalue weighted by molar-refractivity contribution is -0.137. The van der Waals surface area contributed by atoms with Crippen LogP contribution in [0.3, 0.4) is 0 Å². The monoisotopic (exact) mass is 495 g/mol. The van der Waals surface area contributed by atoms with Crippen molar-refractivity contribution in [2.45, 2.75) is 50.9 Å². The van der Waals surface area contributed by atoms with Crippen LogP contribution in [0, 0.1) is 0 Å². The summed E-state index contributed by atoms with van der Waals surface area (Å²) in [6.45, 7) is 10.0. The predicted molar refractivity (Wildman–Crippen MR) is 137 cm³/mol. The van der Waals surface area contributed by atoms with Crippen molar-refractivity contribution in [1.29, 1.82) is 0 Å². The number of benzene rings is 1. The zero-order chi connectivity index (χ0) is 24.9. The number of rotatable bonds is 8. The van der Waals surface area contributed by atoms with Gasteiger partial charge in [0.1, 0.15) is 11.7 Å². The highest BCUT2D eigenvalue weighted by molar-refractivity contribution is 7.99. The molecule has 34 heavy (non-hydrogen) atoms. The number of nitrogens with one attached hydrogen (secondary N) is 1. The van der Waals surface area contributed by atoms with Gasteiger partial charge in [-0.2, -0.15) is 24.9 Å². The molecule has 2 heterocycles. The molecular weight excluding hydrogens is 459 g/mol. The molecule has 0 aromatic heterocycles. The molecule has 2 aliphatic rings. The minimum Gasteiger partial charge on any atom is -0.368 e. The van der Waals surface area contributed by atoms with Gasteiger partial charge in [-0.3, -0.25) is 4.99 Å². The van der Waals surface area contributed by atoms with E-state index in [-0.39, 0.29) is 11.6 Å². The number of likely N-dealkylation sites (tertiary alicyclic amines) is 1. The summed E-state index contributed by atoms with van der Waals surface area (Å²) in [7, 11) is 1.79. The normalized spacial score (nSPS) is 19.9. The Morgan fingerprint density at radius 3 is 2.56 bits per heavy atom. The van der Waals surface area contributed by atoms with E-state index in [1.54, 1.807) is 24.1 Å². The van der Waals surface area contributed by atoms with Crippen molar-refractivity contribution in [3.63, 3.8) is 0 Å². The molecule has 3 N–H and O–H groups in total. The smallest absolute Gasteiger partial charge is 0.368 e. The molecule has 9 heteroatoms. The molecule has 0 amide bonds. The van der Waals surface area contributed by atoms with Crippen molar-refractivity contribution in [3.8, 4) is 0 Å². The van der Waals surface area contributed by atoms with Gasteiger partial charge in [0.05, 0.1) is 16.7 Å². The number of thioether (sulfide) groups is 1. The molecule has 0 saturated carbocycles. The molecule has 2 aliphatic heterocycles. The third kappa shape index (κ3) is 6.10. The lowest BCUT2D eigenvalue weighted by Gasteiger charge is -2.49. The van der Waals surface area contributed by atoms with Crippen molar-refractivity contribution in [3.05, 3.63) is 53.9 Å². The Morgan fingerprint density at radius 1 is 1.32 bits per heavy atom. The Bertz CT molecular complexity index is 915. The van der Waals surface area contributed by atoms with Gasteiger partial charge in [0, 0.05) is 38.4 Å². The van der Waals surface area contributed by atoms with Crippen LogP contribution >= 0.6 is 11.8 Å². The van der Waals surface area contributed by atoms with Gasteiger partial charge >= 0.3 is 6.18 Å². The van der Waals surface area contributed by atoms with Crippen LogP contribution in [0.5, 0.6) is 0 Å². The lowest BCUT2D eigenvalue weighted by Crippen LogP contribution is -2.68. The van der Waals surface area contributed by atoms with E-state index in [1.807, 2.05) is 18.7 Å². The lowest BCUT2D eigenvalue weighted by atomic mass is 9.87. The minimum absolute atomic E-state index is 0.225. The van der Waals surface area contributed by atoms with Gasteiger partial charge in [-0.25, -0.2) is 0 Å². The van der Waals surface area contributed by atoms with E-state index < -0.39 is 11.7 Å². The molecule has 0 radical (unpaired) electrons. The largest absolute Gasteiger partial charge is 0.416 e. The number of alkyl halides is 3. The molecule has 0 bridgehead atoms. The number of nitrogens with zero attached hydrogens (tertiary/aromatic N) is 3. The van der Waals surface area contributed by atoms with E-state index >= 15 is 0 Å². The summed E-state index contributed by atoms with van der Waals surface area (Å²) in [5.41, 5.74) is 6.73. The average Bonchev–Trinajstić information content (AvgIpc) is 2.81. The van der Waals surface area contributed by atoms with Gasteiger partial charge in [0.15, 0.2) is 0 Å².